The van der Waals surface area contributed by atoms with Crippen LogP contribution in [0.25, 0.3) is 0 Å². The van der Waals surface area contributed by atoms with Crippen LogP contribution in [0, 0.1) is 12.3 Å². The summed E-state index contributed by atoms with van der Waals surface area (Å²) < 4.78 is 1.98. The van der Waals surface area contributed by atoms with E-state index in [2.05, 4.69) is 11.9 Å². The molecule has 0 saturated heterocycles. The van der Waals surface area contributed by atoms with E-state index >= 15 is 0 Å². The van der Waals surface area contributed by atoms with Gasteiger partial charge >= 0.3 is 0 Å². The molecule has 2 rings (SSSR count). The van der Waals surface area contributed by atoms with Crippen molar-refractivity contribution in [1.29, 1.82) is 0 Å². The van der Waals surface area contributed by atoms with Gasteiger partial charge in [-0.1, -0.05) is 6.92 Å². The van der Waals surface area contributed by atoms with Crippen molar-refractivity contribution in [2.24, 2.45) is 12.5 Å². The monoisotopic (exact) mass is 194 g/mol. The van der Waals surface area contributed by atoms with Crippen LogP contribution in [0.15, 0.2) is 6.20 Å². The third kappa shape index (κ3) is 1.12. The van der Waals surface area contributed by atoms with Crippen molar-refractivity contribution in [3.8, 4) is 0 Å². The average Bonchev–Trinajstić information content (AvgIpc) is 2.76. The first-order valence-corrected chi connectivity index (χ1v) is 5.10. The number of aromatic nitrogens is 2. The Morgan fingerprint density at radius 2 is 2.14 bits per heavy atom. The average molecular weight is 194 g/mol. The summed E-state index contributed by atoms with van der Waals surface area (Å²) in [4.78, 5) is 4.23. The molecule has 1 aromatic rings. The van der Waals surface area contributed by atoms with E-state index in [4.69, 9.17) is 0 Å². The predicted molar refractivity (Wildman–Crippen MR) is 54.9 cm³/mol. The third-order valence-corrected chi connectivity index (χ3v) is 3.89. The summed E-state index contributed by atoms with van der Waals surface area (Å²) in [5, 5.41) is 10.5. The fraction of sp³-hybridized carbons (Fsp3) is 0.727. The fourth-order valence-corrected chi connectivity index (χ4v) is 1.94. The molecule has 1 aliphatic rings. The number of aryl methyl sites for hydroxylation is 1. The van der Waals surface area contributed by atoms with Gasteiger partial charge in [0, 0.05) is 12.5 Å². The minimum Gasteiger partial charge on any atom is -0.383 e. The largest absolute Gasteiger partial charge is 0.383 e. The zero-order valence-electron chi connectivity index (χ0n) is 9.33. The van der Waals surface area contributed by atoms with Crippen LogP contribution in [-0.2, 0) is 12.6 Å². The maximum Gasteiger partial charge on any atom is 0.109 e. The lowest BCUT2D eigenvalue weighted by molar-refractivity contribution is -0.0192. The highest BCUT2D eigenvalue weighted by Crippen LogP contribution is 2.57. The number of aliphatic hydroxyl groups is 1. The van der Waals surface area contributed by atoms with Crippen molar-refractivity contribution in [2.75, 3.05) is 0 Å². The van der Waals surface area contributed by atoms with Gasteiger partial charge in [0.15, 0.2) is 0 Å². The molecule has 1 fully saturated rings. The highest BCUT2D eigenvalue weighted by molar-refractivity contribution is 5.20. The summed E-state index contributed by atoms with van der Waals surface area (Å²) in [5.74, 6) is 0.949. The number of hydrogen-bond donors (Lipinski definition) is 1. The molecule has 78 valence electrons. The quantitative estimate of drug-likeness (QED) is 0.778. The van der Waals surface area contributed by atoms with Gasteiger partial charge in [-0.3, -0.25) is 0 Å². The van der Waals surface area contributed by atoms with Crippen LogP contribution in [-0.4, -0.2) is 14.7 Å². The Balaban J connectivity index is 2.43. The molecular weight excluding hydrogens is 176 g/mol. The van der Waals surface area contributed by atoms with Crippen molar-refractivity contribution in [3.05, 3.63) is 17.7 Å². The fourth-order valence-electron chi connectivity index (χ4n) is 1.94. The molecule has 1 aromatic heterocycles. The van der Waals surface area contributed by atoms with Gasteiger partial charge in [-0.25, -0.2) is 4.98 Å². The van der Waals surface area contributed by atoms with Gasteiger partial charge in [0.05, 0.1) is 11.9 Å². The topological polar surface area (TPSA) is 38.1 Å². The molecule has 0 aromatic carbocycles. The molecule has 1 atom stereocenters. The Morgan fingerprint density at radius 1 is 1.57 bits per heavy atom. The molecule has 0 spiro atoms. The number of imidazole rings is 1. The number of rotatable bonds is 2. The minimum absolute atomic E-state index is 0.0488. The zero-order chi connectivity index (χ0) is 10.6. The van der Waals surface area contributed by atoms with Crippen LogP contribution in [0.1, 0.15) is 38.2 Å². The first-order chi connectivity index (χ1) is 6.38. The maximum absolute atomic E-state index is 10.5. The second-order valence-electron chi connectivity index (χ2n) is 4.88. The van der Waals surface area contributed by atoms with Crippen LogP contribution in [0.3, 0.4) is 0 Å². The molecule has 1 heterocycles. The van der Waals surface area contributed by atoms with E-state index in [-0.39, 0.29) is 5.41 Å². The first-order valence-electron chi connectivity index (χ1n) is 5.10. The molecule has 0 aliphatic heterocycles. The van der Waals surface area contributed by atoms with E-state index in [1.54, 1.807) is 6.20 Å². The van der Waals surface area contributed by atoms with Gasteiger partial charge in [-0.2, -0.15) is 0 Å². The molecule has 1 aliphatic carbocycles. The van der Waals surface area contributed by atoms with Crippen molar-refractivity contribution < 1.29 is 5.11 Å². The number of hydrogen-bond acceptors (Lipinski definition) is 2. The van der Waals surface area contributed by atoms with Gasteiger partial charge < -0.3 is 9.67 Å². The minimum atomic E-state index is -0.747. The molecular formula is C11H18N2O. The van der Waals surface area contributed by atoms with Crippen LogP contribution >= 0.6 is 0 Å². The molecule has 14 heavy (non-hydrogen) atoms. The summed E-state index contributed by atoms with van der Waals surface area (Å²) >= 11 is 0. The molecule has 3 heteroatoms. The Labute approximate surface area is 84.8 Å². The second-order valence-corrected chi connectivity index (χ2v) is 4.88. The van der Waals surface area contributed by atoms with E-state index in [1.807, 2.05) is 25.5 Å². The lowest BCUT2D eigenvalue weighted by Gasteiger charge is -2.30. The van der Waals surface area contributed by atoms with Gasteiger partial charge in [0.2, 0.25) is 0 Å². The molecule has 0 amide bonds. The molecule has 0 radical (unpaired) electrons. The molecule has 3 nitrogen and oxygen atoms in total. The summed E-state index contributed by atoms with van der Waals surface area (Å²) in [6.45, 7) is 5.99. The van der Waals surface area contributed by atoms with Crippen LogP contribution < -0.4 is 0 Å². The zero-order valence-corrected chi connectivity index (χ0v) is 9.33. The van der Waals surface area contributed by atoms with E-state index in [0.29, 0.717) is 0 Å². The Kier molecular flexibility index (Phi) is 1.80. The normalized spacial score (nSPS) is 23.2. The first kappa shape index (κ1) is 9.71. The Morgan fingerprint density at radius 3 is 2.50 bits per heavy atom. The lowest BCUT2D eigenvalue weighted by atomic mass is 9.85. The van der Waals surface area contributed by atoms with Gasteiger partial charge in [-0.05, 0) is 26.7 Å². The van der Waals surface area contributed by atoms with Gasteiger partial charge in [0.25, 0.3) is 0 Å². The Hall–Kier alpha value is -0.830. The summed E-state index contributed by atoms with van der Waals surface area (Å²) in [7, 11) is 1.96. The Bertz CT molecular complexity index is 361. The van der Waals surface area contributed by atoms with Gasteiger partial charge in [0.1, 0.15) is 11.4 Å². The molecule has 1 unspecified atom stereocenters. The molecule has 1 saturated carbocycles. The summed E-state index contributed by atoms with van der Waals surface area (Å²) in [6, 6.07) is 0. The van der Waals surface area contributed by atoms with Crippen LogP contribution in [0.2, 0.25) is 0 Å². The SMILES string of the molecule is Cc1ncc(C(C)(O)C2(C)CC2)n1C. The summed E-state index contributed by atoms with van der Waals surface area (Å²) in [5.41, 5.74) is 0.228. The van der Waals surface area contributed by atoms with E-state index in [0.717, 1.165) is 24.4 Å². The van der Waals surface area contributed by atoms with Gasteiger partial charge in [-0.15, -0.1) is 0 Å². The van der Waals surface area contributed by atoms with Crippen molar-refractivity contribution in [3.63, 3.8) is 0 Å². The highest BCUT2D eigenvalue weighted by atomic mass is 16.3. The second kappa shape index (κ2) is 2.60. The standard InChI is InChI=1S/C11H18N2O/c1-8-12-7-9(13(8)4)11(3,14)10(2)5-6-10/h7,14H,5-6H2,1-4H3. The maximum atomic E-state index is 10.5. The highest BCUT2D eigenvalue weighted by Gasteiger charge is 2.54. The van der Waals surface area contributed by atoms with Crippen molar-refractivity contribution in [1.82, 2.24) is 9.55 Å². The third-order valence-electron chi connectivity index (χ3n) is 3.89. The smallest absolute Gasteiger partial charge is 0.109 e. The summed E-state index contributed by atoms with van der Waals surface area (Å²) in [6.07, 6.45) is 3.99. The van der Waals surface area contributed by atoms with E-state index in [1.165, 1.54) is 0 Å². The van der Waals surface area contributed by atoms with Crippen molar-refractivity contribution >= 4 is 0 Å². The van der Waals surface area contributed by atoms with Crippen LogP contribution in [0.4, 0.5) is 0 Å². The van der Waals surface area contributed by atoms with Crippen LogP contribution in [0.5, 0.6) is 0 Å². The van der Waals surface area contributed by atoms with Crippen molar-refractivity contribution in [2.45, 2.75) is 39.2 Å². The molecule has 0 bridgehead atoms. The van der Waals surface area contributed by atoms with E-state index in [9.17, 15) is 5.11 Å². The predicted octanol–water partition coefficient (Wildman–Crippen LogP) is 1.74. The lowest BCUT2D eigenvalue weighted by Crippen LogP contribution is -2.33. The molecule has 1 N–H and O–H groups in total. The van der Waals surface area contributed by atoms with E-state index < -0.39 is 5.60 Å². The number of nitrogens with zero attached hydrogens (tertiary/aromatic N) is 2.